The highest BCUT2D eigenvalue weighted by atomic mass is 35.5. The number of hydrogen-bond acceptors (Lipinski definition) is 7. The Balaban J connectivity index is 1.54. The Morgan fingerprint density at radius 2 is 1.89 bits per heavy atom. The van der Waals surface area contributed by atoms with Crippen LogP contribution < -0.4 is 10.3 Å². The van der Waals surface area contributed by atoms with Gasteiger partial charge in [0.2, 0.25) is 0 Å². The molecule has 0 radical (unpaired) electrons. The van der Waals surface area contributed by atoms with Crippen molar-refractivity contribution in [1.29, 1.82) is 5.26 Å². The SMILES string of the molecule is Cc1ccc(-c2cc(Cl)ccc2OCCn2c(C)nc3cc(C(F)(F)F)c(CN(C)C)c(C#N)c3c2=O)c2scc(C(=O)O)c12. The Morgan fingerprint density at radius 3 is 2.53 bits per heavy atom. The molecule has 0 fully saturated rings. The summed E-state index contributed by atoms with van der Waals surface area (Å²) in [6.45, 7) is 3.09. The highest BCUT2D eigenvalue weighted by Crippen LogP contribution is 2.42. The molecule has 0 aliphatic heterocycles. The molecule has 0 aliphatic rings. The second-order valence-corrected chi connectivity index (χ2v) is 12.0. The quantitative estimate of drug-likeness (QED) is 0.187. The Morgan fingerprint density at radius 1 is 1.16 bits per heavy atom. The van der Waals surface area contributed by atoms with Gasteiger partial charge in [-0.1, -0.05) is 23.7 Å². The molecule has 0 spiro atoms. The number of alkyl halides is 3. The highest BCUT2D eigenvalue weighted by molar-refractivity contribution is 7.18. The van der Waals surface area contributed by atoms with Crippen molar-refractivity contribution in [2.75, 3.05) is 20.7 Å². The Kier molecular flexibility index (Phi) is 8.64. The molecule has 0 unspecified atom stereocenters. The molecule has 0 saturated heterocycles. The number of carbonyl (C=O) groups is 1. The summed E-state index contributed by atoms with van der Waals surface area (Å²) in [6.07, 6.45) is -4.75. The van der Waals surface area contributed by atoms with Crippen LogP contribution in [0, 0.1) is 25.2 Å². The largest absolute Gasteiger partial charge is 0.491 e. The summed E-state index contributed by atoms with van der Waals surface area (Å²) in [4.78, 5) is 31.3. The molecule has 1 N–H and O–H groups in total. The van der Waals surface area contributed by atoms with Crippen LogP contribution in [0.4, 0.5) is 13.2 Å². The molecule has 0 atom stereocenters. The van der Waals surface area contributed by atoms with Crippen LogP contribution in [0.2, 0.25) is 5.02 Å². The molecule has 8 nitrogen and oxygen atoms in total. The van der Waals surface area contributed by atoms with Crippen molar-refractivity contribution < 1.29 is 27.8 Å². The van der Waals surface area contributed by atoms with Gasteiger partial charge in [0.1, 0.15) is 24.3 Å². The van der Waals surface area contributed by atoms with Crippen molar-refractivity contribution >= 4 is 49.9 Å². The zero-order valence-electron chi connectivity index (χ0n) is 24.5. The second kappa shape index (κ2) is 12.2. The summed E-state index contributed by atoms with van der Waals surface area (Å²) in [5.41, 5.74) is -0.166. The molecule has 2 heterocycles. The van der Waals surface area contributed by atoms with Gasteiger partial charge in [-0.15, -0.1) is 11.3 Å². The minimum absolute atomic E-state index is 0.0178. The predicted octanol–water partition coefficient (Wildman–Crippen LogP) is 7.28. The van der Waals surface area contributed by atoms with Crippen LogP contribution in [0.25, 0.3) is 32.1 Å². The summed E-state index contributed by atoms with van der Waals surface area (Å²) in [6, 6.07) is 11.4. The van der Waals surface area contributed by atoms with E-state index >= 15 is 0 Å². The molecule has 5 aromatic rings. The van der Waals surface area contributed by atoms with Gasteiger partial charge in [0.15, 0.2) is 0 Å². The number of aromatic carboxylic acids is 1. The maximum atomic E-state index is 14.0. The smallest absolute Gasteiger partial charge is 0.416 e. The number of halogens is 4. The van der Waals surface area contributed by atoms with E-state index in [2.05, 4.69) is 4.98 Å². The number of aryl methyl sites for hydroxylation is 2. The van der Waals surface area contributed by atoms with E-state index in [0.717, 1.165) is 21.9 Å². The lowest BCUT2D eigenvalue weighted by Gasteiger charge is -2.20. The third-order valence-electron chi connectivity index (χ3n) is 7.40. The number of rotatable bonds is 8. The van der Waals surface area contributed by atoms with Crippen LogP contribution in [0.5, 0.6) is 5.75 Å². The van der Waals surface area contributed by atoms with Crippen LogP contribution in [-0.4, -0.2) is 46.2 Å². The van der Waals surface area contributed by atoms with Gasteiger partial charge in [-0.2, -0.15) is 18.4 Å². The number of thiophene rings is 1. The van der Waals surface area contributed by atoms with Crippen molar-refractivity contribution in [2.45, 2.75) is 33.1 Å². The summed E-state index contributed by atoms with van der Waals surface area (Å²) in [5, 5.41) is 22.1. The van der Waals surface area contributed by atoms with Crippen molar-refractivity contribution in [2.24, 2.45) is 0 Å². The fourth-order valence-corrected chi connectivity index (χ4v) is 6.74. The first-order chi connectivity index (χ1) is 21.2. The number of carboxylic acid groups (broad SMARTS) is 1. The fourth-order valence-electron chi connectivity index (χ4n) is 5.42. The van der Waals surface area contributed by atoms with E-state index in [4.69, 9.17) is 16.3 Å². The third kappa shape index (κ3) is 5.99. The Labute approximate surface area is 264 Å². The van der Waals surface area contributed by atoms with Gasteiger partial charge in [0.05, 0.1) is 34.1 Å². The molecule has 2 aromatic heterocycles. The molecule has 0 saturated carbocycles. The van der Waals surface area contributed by atoms with Crippen LogP contribution in [0.3, 0.4) is 0 Å². The van der Waals surface area contributed by atoms with Gasteiger partial charge >= 0.3 is 12.1 Å². The zero-order chi connectivity index (χ0) is 32.8. The minimum atomic E-state index is -4.75. The predicted molar refractivity (Wildman–Crippen MR) is 167 cm³/mol. The molecule has 0 bridgehead atoms. The van der Waals surface area contributed by atoms with Gasteiger partial charge < -0.3 is 14.7 Å². The van der Waals surface area contributed by atoms with Gasteiger partial charge in [-0.25, -0.2) is 9.78 Å². The van der Waals surface area contributed by atoms with Crippen LogP contribution in [0.15, 0.2) is 46.6 Å². The maximum Gasteiger partial charge on any atom is 0.416 e. The lowest BCUT2D eigenvalue weighted by molar-refractivity contribution is -0.138. The Bertz CT molecular complexity index is 2100. The monoisotopic (exact) mass is 654 g/mol. The van der Waals surface area contributed by atoms with Crippen molar-refractivity contribution in [1.82, 2.24) is 14.5 Å². The van der Waals surface area contributed by atoms with Gasteiger partial charge in [-0.3, -0.25) is 9.36 Å². The van der Waals surface area contributed by atoms with E-state index in [1.54, 1.807) is 37.7 Å². The second-order valence-electron chi connectivity index (χ2n) is 10.7. The fraction of sp³-hybridized carbons (Fsp3) is 0.250. The summed E-state index contributed by atoms with van der Waals surface area (Å²) in [5.74, 6) is -0.447. The molecule has 45 heavy (non-hydrogen) atoms. The van der Waals surface area contributed by atoms with Crippen molar-refractivity contribution in [3.05, 3.63) is 90.8 Å². The number of fused-ring (bicyclic) bond motifs is 2. The van der Waals surface area contributed by atoms with Gasteiger partial charge in [0.25, 0.3) is 5.56 Å². The first kappa shape index (κ1) is 32.0. The molecule has 3 aromatic carbocycles. The first-order valence-electron chi connectivity index (χ1n) is 13.6. The number of nitriles is 1. The summed E-state index contributed by atoms with van der Waals surface area (Å²) >= 11 is 7.64. The van der Waals surface area contributed by atoms with Gasteiger partial charge in [0, 0.05) is 38.2 Å². The molecule has 5 rings (SSSR count). The molecular formula is C32H26ClF3N4O4S. The van der Waals surface area contributed by atoms with Crippen LogP contribution in [-0.2, 0) is 19.3 Å². The Hall–Kier alpha value is -4.44. The van der Waals surface area contributed by atoms with Gasteiger partial charge in [-0.05, 0) is 63.3 Å². The van der Waals surface area contributed by atoms with E-state index in [1.165, 1.54) is 27.7 Å². The third-order valence-corrected chi connectivity index (χ3v) is 8.65. The average molecular weight is 655 g/mol. The van der Waals surface area contributed by atoms with E-state index in [-0.39, 0.29) is 53.1 Å². The number of ether oxygens (including phenoxy) is 1. The van der Waals surface area contributed by atoms with E-state index in [9.17, 15) is 33.1 Å². The van der Waals surface area contributed by atoms with Crippen molar-refractivity contribution in [3.8, 4) is 22.9 Å². The highest BCUT2D eigenvalue weighted by Gasteiger charge is 2.36. The minimum Gasteiger partial charge on any atom is -0.491 e. The van der Waals surface area contributed by atoms with Crippen molar-refractivity contribution in [3.63, 3.8) is 0 Å². The summed E-state index contributed by atoms with van der Waals surface area (Å²) < 4.78 is 50.1. The first-order valence-corrected chi connectivity index (χ1v) is 14.8. The standard InChI is InChI=1S/C32H26ClF3N4O4S/c1-16-5-7-19(29-27(16)23(15-45-29)31(42)43)20-11-18(33)6-8-26(20)44-10-9-40-17(2)38-25-12-24(32(34,35)36)22(14-39(3)4)21(13-37)28(25)30(40)41/h5-8,11-12,15H,9-10,14H2,1-4H3,(H,42,43). The lowest BCUT2D eigenvalue weighted by Crippen LogP contribution is -2.28. The molecule has 232 valence electrons. The molecule has 13 heteroatoms. The van der Waals surface area contributed by atoms with E-state index in [1.807, 2.05) is 25.1 Å². The van der Waals surface area contributed by atoms with E-state index < -0.39 is 23.3 Å². The average Bonchev–Trinajstić information content (AvgIpc) is 3.41. The number of carboxylic acids is 1. The lowest BCUT2D eigenvalue weighted by atomic mass is 9.96. The number of aromatic nitrogens is 2. The van der Waals surface area contributed by atoms with Crippen LogP contribution >= 0.6 is 22.9 Å². The topological polar surface area (TPSA) is 108 Å². The zero-order valence-corrected chi connectivity index (χ0v) is 26.1. The number of benzene rings is 3. The summed E-state index contributed by atoms with van der Waals surface area (Å²) in [7, 11) is 3.15. The molecule has 0 aliphatic carbocycles. The molecule has 0 amide bonds. The normalized spacial score (nSPS) is 11.8. The van der Waals surface area contributed by atoms with E-state index in [0.29, 0.717) is 21.7 Å². The molecular weight excluding hydrogens is 629 g/mol. The van der Waals surface area contributed by atoms with Crippen LogP contribution in [0.1, 0.15) is 38.4 Å². The maximum absolute atomic E-state index is 14.0. The number of hydrogen-bond donors (Lipinski definition) is 1. The number of nitrogens with zero attached hydrogens (tertiary/aromatic N) is 4.